The summed E-state index contributed by atoms with van der Waals surface area (Å²) in [6, 6.07) is 4.23. The summed E-state index contributed by atoms with van der Waals surface area (Å²) in [7, 11) is 1.81. The number of carbonyl (C=O) groups excluding carboxylic acids is 1. The number of amides is 1. The van der Waals surface area contributed by atoms with Gasteiger partial charge in [0, 0.05) is 57.0 Å². The topological polar surface area (TPSA) is 50.1 Å². The van der Waals surface area contributed by atoms with Crippen LogP contribution in [0.2, 0.25) is 0 Å². The van der Waals surface area contributed by atoms with E-state index in [1.165, 1.54) is 5.69 Å². The summed E-state index contributed by atoms with van der Waals surface area (Å²) in [6.45, 7) is 8.34. The van der Waals surface area contributed by atoms with E-state index in [-0.39, 0.29) is 6.09 Å². The number of fused-ring (bicyclic) bond motifs is 1. The Balaban J connectivity index is 1.58. The Morgan fingerprint density at radius 1 is 1.42 bits per heavy atom. The van der Waals surface area contributed by atoms with Gasteiger partial charge in [-0.25, -0.2) is 9.78 Å². The normalized spacial score (nSPS) is 18.2. The zero-order valence-corrected chi connectivity index (χ0v) is 14.9. The molecule has 1 fully saturated rings. The lowest BCUT2D eigenvalue weighted by Crippen LogP contribution is -2.37. The number of hydrogen-bond acceptors (Lipinski definition) is 4. The van der Waals surface area contributed by atoms with Crippen molar-refractivity contribution in [3.8, 4) is 0 Å². The lowest BCUT2D eigenvalue weighted by atomic mass is 10.1. The molecule has 2 aromatic heterocycles. The van der Waals surface area contributed by atoms with Gasteiger partial charge in [-0.05, 0) is 39.2 Å². The van der Waals surface area contributed by atoms with Crippen LogP contribution in [0, 0.1) is 5.92 Å². The molecule has 0 aliphatic carbocycles. The standard InChI is InChI=1S/C18H26N4O2/c1-18(2,3)24-17(23)20(4)12-14-5-8-22(13-14)15-6-9-21-10-7-19-16(21)11-15/h6-7,9-11,14H,5,8,12-13H2,1-4H3. The van der Waals surface area contributed by atoms with Crippen LogP contribution >= 0.6 is 0 Å². The molecule has 24 heavy (non-hydrogen) atoms. The minimum Gasteiger partial charge on any atom is -0.444 e. The zero-order chi connectivity index (χ0) is 17.3. The third kappa shape index (κ3) is 3.80. The van der Waals surface area contributed by atoms with Crippen LogP contribution in [0.1, 0.15) is 27.2 Å². The maximum atomic E-state index is 12.1. The number of hydrogen-bond donors (Lipinski definition) is 0. The maximum absolute atomic E-state index is 12.1. The first kappa shape index (κ1) is 16.6. The Bertz CT molecular complexity index is 719. The molecule has 3 rings (SSSR count). The van der Waals surface area contributed by atoms with Crippen molar-refractivity contribution in [2.24, 2.45) is 5.92 Å². The fourth-order valence-electron chi connectivity index (χ4n) is 3.11. The smallest absolute Gasteiger partial charge is 0.410 e. The molecule has 1 unspecified atom stereocenters. The SMILES string of the molecule is CN(CC1CCN(c2ccn3ccnc3c2)C1)C(=O)OC(C)(C)C. The van der Waals surface area contributed by atoms with Crippen LogP contribution in [0.3, 0.4) is 0 Å². The molecule has 2 aromatic rings. The summed E-state index contributed by atoms with van der Waals surface area (Å²) in [4.78, 5) is 20.5. The highest BCUT2D eigenvalue weighted by Gasteiger charge is 2.27. The van der Waals surface area contributed by atoms with E-state index in [1.54, 1.807) is 4.90 Å². The van der Waals surface area contributed by atoms with Crippen molar-refractivity contribution < 1.29 is 9.53 Å². The van der Waals surface area contributed by atoms with Gasteiger partial charge in [-0.15, -0.1) is 0 Å². The third-order valence-electron chi connectivity index (χ3n) is 4.27. The molecule has 1 aliphatic heterocycles. The van der Waals surface area contributed by atoms with Gasteiger partial charge in [0.1, 0.15) is 11.2 Å². The molecule has 0 N–H and O–H groups in total. The lowest BCUT2D eigenvalue weighted by molar-refractivity contribution is 0.0277. The summed E-state index contributed by atoms with van der Waals surface area (Å²) in [5.41, 5.74) is 1.70. The molecule has 1 amide bonds. The number of aromatic nitrogens is 2. The summed E-state index contributed by atoms with van der Waals surface area (Å²) in [6.07, 6.45) is 6.62. The monoisotopic (exact) mass is 330 g/mol. The highest BCUT2D eigenvalue weighted by molar-refractivity contribution is 5.67. The van der Waals surface area contributed by atoms with E-state index in [1.807, 2.05) is 50.8 Å². The average Bonchev–Trinajstić information content (AvgIpc) is 3.13. The van der Waals surface area contributed by atoms with Crippen LogP contribution in [-0.4, -0.2) is 52.7 Å². The predicted molar refractivity (Wildman–Crippen MR) is 94.4 cm³/mol. The molecule has 0 saturated carbocycles. The number of carbonyl (C=O) groups is 1. The number of pyridine rings is 1. The van der Waals surface area contributed by atoms with Gasteiger partial charge < -0.3 is 18.9 Å². The molecule has 3 heterocycles. The van der Waals surface area contributed by atoms with Crippen molar-refractivity contribution in [3.63, 3.8) is 0 Å². The van der Waals surface area contributed by atoms with E-state index in [9.17, 15) is 4.79 Å². The van der Waals surface area contributed by atoms with Crippen molar-refractivity contribution in [1.29, 1.82) is 0 Å². The van der Waals surface area contributed by atoms with Crippen molar-refractivity contribution >= 4 is 17.4 Å². The molecule has 0 spiro atoms. The van der Waals surface area contributed by atoms with Gasteiger partial charge in [0.2, 0.25) is 0 Å². The number of nitrogens with zero attached hydrogens (tertiary/aromatic N) is 4. The first-order valence-corrected chi connectivity index (χ1v) is 8.43. The van der Waals surface area contributed by atoms with Crippen LogP contribution in [0.5, 0.6) is 0 Å². The van der Waals surface area contributed by atoms with Gasteiger partial charge in [-0.1, -0.05) is 0 Å². The molecule has 130 valence electrons. The Hall–Kier alpha value is -2.24. The molecule has 0 radical (unpaired) electrons. The molecular formula is C18H26N4O2. The van der Waals surface area contributed by atoms with E-state index < -0.39 is 5.60 Å². The Labute approximate surface area is 143 Å². The fourth-order valence-corrected chi connectivity index (χ4v) is 3.11. The number of anilines is 1. The molecule has 1 atom stereocenters. The molecule has 6 heteroatoms. The first-order valence-electron chi connectivity index (χ1n) is 8.43. The number of imidazole rings is 1. The Morgan fingerprint density at radius 3 is 2.96 bits per heavy atom. The molecule has 6 nitrogen and oxygen atoms in total. The highest BCUT2D eigenvalue weighted by atomic mass is 16.6. The lowest BCUT2D eigenvalue weighted by Gasteiger charge is -2.26. The van der Waals surface area contributed by atoms with E-state index in [4.69, 9.17) is 4.74 Å². The fraction of sp³-hybridized carbons (Fsp3) is 0.556. The van der Waals surface area contributed by atoms with Crippen LogP contribution in [0.15, 0.2) is 30.7 Å². The van der Waals surface area contributed by atoms with Gasteiger partial charge in [0.15, 0.2) is 0 Å². The van der Waals surface area contributed by atoms with E-state index in [0.717, 1.165) is 31.7 Å². The maximum Gasteiger partial charge on any atom is 0.410 e. The van der Waals surface area contributed by atoms with E-state index in [2.05, 4.69) is 22.0 Å². The van der Waals surface area contributed by atoms with Crippen molar-refractivity contribution in [3.05, 3.63) is 30.7 Å². The second-order valence-corrected chi connectivity index (χ2v) is 7.54. The van der Waals surface area contributed by atoms with Gasteiger partial charge in [-0.2, -0.15) is 0 Å². The third-order valence-corrected chi connectivity index (χ3v) is 4.27. The molecule has 0 aromatic carbocycles. The van der Waals surface area contributed by atoms with Gasteiger partial charge in [0.05, 0.1) is 0 Å². The predicted octanol–water partition coefficient (Wildman–Crippen LogP) is 3.03. The van der Waals surface area contributed by atoms with Crippen LogP contribution in [0.4, 0.5) is 10.5 Å². The zero-order valence-electron chi connectivity index (χ0n) is 14.9. The summed E-state index contributed by atoms with van der Waals surface area (Å²) in [5, 5.41) is 0. The van der Waals surface area contributed by atoms with Gasteiger partial charge >= 0.3 is 6.09 Å². The Kier molecular flexibility index (Phi) is 4.39. The van der Waals surface area contributed by atoms with E-state index >= 15 is 0 Å². The summed E-state index contributed by atoms with van der Waals surface area (Å²) < 4.78 is 7.43. The van der Waals surface area contributed by atoms with Gasteiger partial charge in [0.25, 0.3) is 0 Å². The molecular weight excluding hydrogens is 304 g/mol. The largest absolute Gasteiger partial charge is 0.444 e. The second kappa shape index (κ2) is 6.34. The van der Waals surface area contributed by atoms with Crippen LogP contribution in [-0.2, 0) is 4.74 Å². The average molecular weight is 330 g/mol. The van der Waals surface area contributed by atoms with Gasteiger partial charge in [-0.3, -0.25) is 0 Å². The van der Waals surface area contributed by atoms with E-state index in [0.29, 0.717) is 5.92 Å². The minimum atomic E-state index is -0.452. The Morgan fingerprint density at radius 2 is 2.21 bits per heavy atom. The molecule has 1 aliphatic rings. The molecule has 1 saturated heterocycles. The number of rotatable bonds is 3. The molecule has 0 bridgehead atoms. The quantitative estimate of drug-likeness (QED) is 0.868. The van der Waals surface area contributed by atoms with Crippen molar-refractivity contribution in [2.45, 2.75) is 32.8 Å². The minimum absolute atomic E-state index is 0.250. The summed E-state index contributed by atoms with van der Waals surface area (Å²) in [5.74, 6) is 0.457. The van der Waals surface area contributed by atoms with Crippen LogP contribution in [0.25, 0.3) is 5.65 Å². The van der Waals surface area contributed by atoms with Crippen molar-refractivity contribution in [1.82, 2.24) is 14.3 Å². The van der Waals surface area contributed by atoms with Crippen LogP contribution < -0.4 is 4.90 Å². The second-order valence-electron chi connectivity index (χ2n) is 7.54. The first-order chi connectivity index (χ1) is 11.3. The highest BCUT2D eigenvalue weighted by Crippen LogP contribution is 2.25. The van der Waals surface area contributed by atoms with Crippen molar-refractivity contribution in [2.75, 3.05) is 31.6 Å². The summed E-state index contributed by atoms with van der Waals surface area (Å²) >= 11 is 0. The number of ether oxygens (including phenoxy) is 1.